The molecule has 0 fully saturated rings. The Kier molecular flexibility index (Phi) is 3.49. The fourth-order valence-electron chi connectivity index (χ4n) is 1.21. The van der Waals surface area contributed by atoms with Crippen LogP contribution in [0.3, 0.4) is 0 Å². The maximum atomic E-state index is 13.1. The van der Waals surface area contributed by atoms with E-state index in [1.807, 2.05) is 0 Å². The second-order valence-electron chi connectivity index (χ2n) is 3.26. The number of hydrogen-bond acceptors (Lipinski definition) is 3. The van der Waals surface area contributed by atoms with Crippen LogP contribution in [0.1, 0.15) is 0 Å². The predicted molar refractivity (Wildman–Crippen MR) is 67.8 cm³/mol. The monoisotopic (exact) mass is 316 g/mol. The van der Waals surface area contributed by atoms with Gasteiger partial charge in [-0.05, 0) is 18.2 Å². The zero-order valence-electron chi connectivity index (χ0n) is 8.45. The predicted octanol–water partition coefficient (Wildman–Crippen LogP) is 4.01. The topological polar surface area (TPSA) is 48.1 Å². The molecule has 0 aliphatic heterocycles. The van der Waals surface area contributed by atoms with Crippen molar-refractivity contribution in [2.75, 3.05) is 5.73 Å². The molecule has 0 saturated carbocycles. The maximum Gasteiger partial charge on any atom is 0.238 e. The standard InChI is InChI=1S/C11H7BrClFN2O/c12-6-1-7(14)3-9(2-6)17-11-10(13)4-8(15)5-16-11/h1-5H,15H2. The van der Waals surface area contributed by atoms with E-state index in [1.165, 1.54) is 24.4 Å². The fourth-order valence-corrected chi connectivity index (χ4v) is 1.87. The molecule has 3 nitrogen and oxygen atoms in total. The molecule has 0 aliphatic rings. The summed E-state index contributed by atoms with van der Waals surface area (Å²) >= 11 is 9.05. The van der Waals surface area contributed by atoms with Gasteiger partial charge < -0.3 is 10.5 Å². The van der Waals surface area contributed by atoms with E-state index in [-0.39, 0.29) is 10.9 Å². The molecule has 1 aromatic carbocycles. The lowest BCUT2D eigenvalue weighted by molar-refractivity contribution is 0.458. The average Bonchev–Trinajstić information content (AvgIpc) is 2.21. The molecule has 2 N–H and O–H groups in total. The minimum atomic E-state index is -0.416. The molecule has 1 aromatic heterocycles. The normalized spacial score (nSPS) is 10.3. The van der Waals surface area contributed by atoms with Crippen molar-refractivity contribution in [3.63, 3.8) is 0 Å². The van der Waals surface area contributed by atoms with Gasteiger partial charge in [-0.3, -0.25) is 0 Å². The highest BCUT2D eigenvalue weighted by molar-refractivity contribution is 9.10. The number of anilines is 1. The number of hydrogen-bond donors (Lipinski definition) is 1. The first-order chi connectivity index (χ1) is 8.04. The van der Waals surface area contributed by atoms with Gasteiger partial charge in [0.2, 0.25) is 5.88 Å². The lowest BCUT2D eigenvalue weighted by Gasteiger charge is -2.07. The lowest BCUT2D eigenvalue weighted by Crippen LogP contribution is -1.92. The SMILES string of the molecule is Nc1cnc(Oc2cc(F)cc(Br)c2)c(Cl)c1. The molecule has 2 aromatic rings. The summed E-state index contributed by atoms with van der Waals surface area (Å²) in [6, 6.07) is 5.68. The molecular formula is C11H7BrClFN2O. The highest BCUT2D eigenvalue weighted by Crippen LogP contribution is 2.30. The van der Waals surface area contributed by atoms with Crippen molar-refractivity contribution in [3.05, 3.63) is 45.8 Å². The molecule has 1 heterocycles. The van der Waals surface area contributed by atoms with Crippen molar-refractivity contribution in [3.8, 4) is 11.6 Å². The summed E-state index contributed by atoms with van der Waals surface area (Å²) in [4.78, 5) is 3.92. The summed E-state index contributed by atoms with van der Waals surface area (Å²) < 4.78 is 19.0. The Morgan fingerprint density at radius 3 is 2.71 bits per heavy atom. The number of rotatable bonds is 2. The summed E-state index contributed by atoms with van der Waals surface area (Å²) in [5.41, 5.74) is 5.93. The van der Waals surface area contributed by atoms with Gasteiger partial charge in [-0.15, -0.1) is 0 Å². The maximum absolute atomic E-state index is 13.1. The van der Waals surface area contributed by atoms with Crippen molar-refractivity contribution in [1.29, 1.82) is 0 Å². The van der Waals surface area contributed by atoms with Crippen LogP contribution in [0.15, 0.2) is 34.9 Å². The van der Waals surface area contributed by atoms with Crippen LogP contribution in [-0.2, 0) is 0 Å². The zero-order valence-corrected chi connectivity index (χ0v) is 10.8. The summed E-state index contributed by atoms with van der Waals surface area (Å²) in [7, 11) is 0. The largest absolute Gasteiger partial charge is 0.437 e. The van der Waals surface area contributed by atoms with Crippen molar-refractivity contribution in [2.24, 2.45) is 0 Å². The van der Waals surface area contributed by atoms with Crippen LogP contribution < -0.4 is 10.5 Å². The molecular weight excluding hydrogens is 310 g/mol. The molecule has 6 heteroatoms. The zero-order chi connectivity index (χ0) is 12.4. The first-order valence-electron chi connectivity index (χ1n) is 4.59. The molecule has 0 radical (unpaired) electrons. The summed E-state index contributed by atoms with van der Waals surface area (Å²) in [5.74, 6) is 0.0651. The molecule has 0 spiro atoms. The van der Waals surface area contributed by atoms with E-state index < -0.39 is 5.82 Å². The van der Waals surface area contributed by atoms with Gasteiger partial charge in [0.05, 0.1) is 11.9 Å². The highest BCUT2D eigenvalue weighted by Gasteiger charge is 2.07. The number of nitrogens with zero attached hydrogens (tertiary/aromatic N) is 1. The van der Waals surface area contributed by atoms with Gasteiger partial charge in [-0.1, -0.05) is 27.5 Å². The van der Waals surface area contributed by atoms with E-state index in [1.54, 1.807) is 6.07 Å². The summed E-state index contributed by atoms with van der Waals surface area (Å²) in [5, 5.41) is 0.269. The van der Waals surface area contributed by atoms with Crippen molar-refractivity contribution in [2.45, 2.75) is 0 Å². The van der Waals surface area contributed by atoms with Crippen LogP contribution in [0.25, 0.3) is 0 Å². The van der Waals surface area contributed by atoms with E-state index in [2.05, 4.69) is 20.9 Å². The fraction of sp³-hybridized carbons (Fsp3) is 0. The van der Waals surface area contributed by atoms with E-state index in [0.29, 0.717) is 15.9 Å². The van der Waals surface area contributed by atoms with Gasteiger partial charge in [-0.2, -0.15) is 0 Å². The van der Waals surface area contributed by atoms with Crippen molar-refractivity contribution in [1.82, 2.24) is 4.98 Å². The number of nitrogens with two attached hydrogens (primary N) is 1. The second kappa shape index (κ2) is 4.89. The van der Waals surface area contributed by atoms with Crippen LogP contribution >= 0.6 is 27.5 Å². The Labute approximate surface area is 110 Å². The van der Waals surface area contributed by atoms with Crippen LogP contribution in [0, 0.1) is 5.82 Å². The van der Waals surface area contributed by atoms with E-state index in [4.69, 9.17) is 22.1 Å². The van der Waals surface area contributed by atoms with E-state index in [0.717, 1.165) is 0 Å². The summed E-state index contributed by atoms with van der Waals surface area (Å²) in [6.07, 6.45) is 1.41. The van der Waals surface area contributed by atoms with Crippen LogP contribution in [0.5, 0.6) is 11.6 Å². The van der Waals surface area contributed by atoms with Crippen molar-refractivity contribution >= 4 is 33.2 Å². The highest BCUT2D eigenvalue weighted by atomic mass is 79.9. The second-order valence-corrected chi connectivity index (χ2v) is 4.59. The average molecular weight is 318 g/mol. The van der Waals surface area contributed by atoms with Gasteiger partial charge in [0.1, 0.15) is 16.6 Å². The molecule has 0 bridgehead atoms. The minimum absolute atomic E-state index is 0.179. The van der Waals surface area contributed by atoms with E-state index >= 15 is 0 Å². The number of benzene rings is 1. The lowest BCUT2D eigenvalue weighted by atomic mass is 10.3. The third-order valence-electron chi connectivity index (χ3n) is 1.88. The molecule has 0 amide bonds. The number of aromatic nitrogens is 1. The molecule has 0 unspecified atom stereocenters. The smallest absolute Gasteiger partial charge is 0.238 e. The Bertz CT molecular complexity index is 545. The number of pyridine rings is 1. The molecule has 0 aliphatic carbocycles. The molecule has 0 saturated heterocycles. The quantitative estimate of drug-likeness (QED) is 0.910. The van der Waals surface area contributed by atoms with Crippen LogP contribution in [-0.4, -0.2) is 4.98 Å². The van der Waals surface area contributed by atoms with Crippen LogP contribution in [0.2, 0.25) is 5.02 Å². The first-order valence-corrected chi connectivity index (χ1v) is 5.76. The van der Waals surface area contributed by atoms with E-state index in [9.17, 15) is 4.39 Å². The molecule has 0 atom stereocenters. The number of ether oxygens (including phenoxy) is 1. The Morgan fingerprint density at radius 2 is 2.06 bits per heavy atom. The first kappa shape index (κ1) is 12.1. The van der Waals surface area contributed by atoms with Gasteiger partial charge >= 0.3 is 0 Å². The Balaban J connectivity index is 2.31. The third kappa shape index (κ3) is 3.08. The Hall–Kier alpha value is -1.33. The van der Waals surface area contributed by atoms with Crippen LogP contribution in [0.4, 0.5) is 10.1 Å². The third-order valence-corrected chi connectivity index (χ3v) is 2.61. The van der Waals surface area contributed by atoms with Gasteiger partial charge in [0.25, 0.3) is 0 Å². The Morgan fingerprint density at radius 1 is 1.29 bits per heavy atom. The van der Waals surface area contributed by atoms with Crippen molar-refractivity contribution < 1.29 is 9.13 Å². The summed E-state index contributed by atoms with van der Waals surface area (Å²) in [6.45, 7) is 0. The number of nitrogen functional groups attached to an aromatic ring is 1. The molecule has 17 heavy (non-hydrogen) atoms. The minimum Gasteiger partial charge on any atom is -0.437 e. The number of halogens is 3. The van der Waals surface area contributed by atoms with Gasteiger partial charge in [-0.25, -0.2) is 9.37 Å². The molecule has 2 rings (SSSR count). The molecule has 88 valence electrons. The van der Waals surface area contributed by atoms with Gasteiger partial charge in [0.15, 0.2) is 0 Å². The van der Waals surface area contributed by atoms with Gasteiger partial charge in [0, 0.05) is 10.5 Å².